The molecular formula is C17H16BrNO2. The Labute approximate surface area is 132 Å². The van der Waals surface area contributed by atoms with E-state index >= 15 is 0 Å². The Morgan fingerprint density at radius 3 is 2.81 bits per heavy atom. The van der Waals surface area contributed by atoms with Crippen molar-refractivity contribution in [2.45, 2.75) is 18.9 Å². The summed E-state index contributed by atoms with van der Waals surface area (Å²) in [4.78, 5) is 0. The number of hydrogen-bond donors (Lipinski definition) is 1. The zero-order chi connectivity index (χ0) is 14.2. The van der Waals surface area contributed by atoms with Crippen LogP contribution in [0.2, 0.25) is 0 Å². The number of hydrogen-bond acceptors (Lipinski definition) is 3. The average Bonchev–Trinajstić information content (AvgIpc) is 2.92. The lowest BCUT2D eigenvalue weighted by atomic mass is 10.1. The van der Waals surface area contributed by atoms with E-state index in [1.807, 2.05) is 12.1 Å². The van der Waals surface area contributed by atoms with Gasteiger partial charge in [-0.05, 0) is 42.2 Å². The van der Waals surface area contributed by atoms with Gasteiger partial charge in [-0.2, -0.15) is 0 Å². The topological polar surface area (TPSA) is 30.5 Å². The highest BCUT2D eigenvalue weighted by atomic mass is 79.9. The van der Waals surface area contributed by atoms with Gasteiger partial charge in [0.15, 0.2) is 11.5 Å². The Kier molecular flexibility index (Phi) is 3.26. The number of anilines is 1. The lowest BCUT2D eigenvalue weighted by molar-refractivity contribution is 0.171. The molecule has 1 heterocycles. The fraction of sp³-hybridized carbons (Fsp3) is 0.294. The van der Waals surface area contributed by atoms with Crippen LogP contribution >= 0.6 is 15.9 Å². The Bertz CT molecular complexity index is 686. The first-order valence-corrected chi connectivity index (χ1v) is 8.04. The molecule has 0 fully saturated rings. The minimum absolute atomic E-state index is 0.361. The molecule has 0 aromatic heterocycles. The van der Waals surface area contributed by atoms with Gasteiger partial charge in [-0.25, -0.2) is 0 Å². The van der Waals surface area contributed by atoms with Gasteiger partial charge in [0, 0.05) is 16.2 Å². The third kappa shape index (κ3) is 2.38. The van der Waals surface area contributed by atoms with Crippen LogP contribution < -0.4 is 14.8 Å². The second-order valence-electron chi connectivity index (χ2n) is 5.40. The Morgan fingerprint density at radius 1 is 1.05 bits per heavy atom. The van der Waals surface area contributed by atoms with Crippen molar-refractivity contribution >= 4 is 21.6 Å². The monoisotopic (exact) mass is 345 g/mol. The summed E-state index contributed by atoms with van der Waals surface area (Å²) in [6.45, 7) is 1.25. The molecule has 3 nitrogen and oxygen atoms in total. The molecule has 1 unspecified atom stereocenters. The molecule has 21 heavy (non-hydrogen) atoms. The Morgan fingerprint density at radius 2 is 1.90 bits per heavy atom. The maximum atomic E-state index is 5.64. The number of rotatable bonds is 2. The standard InChI is InChI=1S/C17H16BrNO2/c18-14-3-1-2-13-12(14)5-6-15(13)19-11-4-7-16-17(10-11)21-9-8-20-16/h1-4,7,10,15,19H,5-6,8-9H2. The molecule has 0 saturated heterocycles. The van der Waals surface area contributed by atoms with Crippen molar-refractivity contribution in [3.05, 3.63) is 52.0 Å². The number of halogens is 1. The van der Waals surface area contributed by atoms with Gasteiger partial charge in [0.25, 0.3) is 0 Å². The average molecular weight is 346 g/mol. The molecule has 0 radical (unpaired) electrons. The largest absolute Gasteiger partial charge is 0.486 e. The van der Waals surface area contributed by atoms with E-state index < -0.39 is 0 Å². The van der Waals surface area contributed by atoms with Crippen LogP contribution in [0.3, 0.4) is 0 Å². The van der Waals surface area contributed by atoms with Crippen molar-refractivity contribution in [3.63, 3.8) is 0 Å². The summed E-state index contributed by atoms with van der Waals surface area (Å²) in [5.41, 5.74) is 3.89. The minimum Gasteiger partial charge on any atom is -0.486 e. The molecule has 108 valence electrons. The molecule has 1 N–H and O–H groups in total. The van der Waals surface area contributed by atoms with Crippen molar-refractivity contribution in [2.75, 3.05) is 18.5 Å². The summed E-state index contributed by atoms with van der Waals surface area (Å²) in [5, 5.41) is 3.62. The van der Waals surface area contributed by atoms with Gasteiger partial charge in [-0.1, -0.05) is 28.1 Å². The Hall–Kier alpha value is -1.68. The maximum Gasteiger partial charge on any atom is 0.163 e. The SMILES string of the molecule is Brc1cccc2c1CCC2Nc1ccc2c(c1)OCCO2. The fourth-order valence-electron chi connectivity index (χ4n) is 3.09. The van der Waals surface area contributed by atoms with E-state index in [0.717, 1.165) is 30.0 Å². The van der Waals surface area contributed by atoms with Crippen molar-refractivity contribution in [2.24, 2.45) is 0 Å². The van der Waals surface area contributed by atoms with Gasteiger partial charge < -0.3 is 14.8 Å². The summed E-state index contributed by atoms with van der Waals surface area (Å²) >= 11 is 3.65. The molecule has 4 heteroatoms. The molecular weight excluding hydrogens is 330 g/mol. The number of fused-ring (bicyclic) bond motifs is 2. The second-order valence-corrected chi connectivity index (χ2v) is 6.26. The minimum atomic E-state index is 0.361. The molecule has 1 atom stereocenters. The van der Waals surface area contributed by atoms with Crippen molar-refractivity contribution < 1.29 is 9.47 Å². The third-order valence-electron chi connectivity index (χ3n) is 4.10. The highest BCUT2D eigenvalue weighted by molar-refractivity contribution is 9.10. The lowest BCUT2D eigenvalue weighted by Crippen LogP contribution is -2.15. The molecule has 2 aliphatic rings. The smallest absolute Gasteiger partial charge is 0.163 e. The van der Waals surface area contributed by atoms with Crippen LogP contribution in [0.25, 0.3) is 0 Å². The van der Waals surface area contributed by atoms with Crippen molar-refractivity contribution in [1.82, 2.24) is 0 Å². The Balaban J connectivity index is 1.59. The summed E-state index contributed by atoms with van der Waals surface area (Å²) < 4.78 is 12.4. The molecule has 0 spiro atoms. The molecule has 1 aliphatic carbocycles. The van der Waals surface area contributed by atoms with E-state index in [-0.39, 0.29) is 0 Å². The first-order chi connectivity index (χ1) is 10.3. The van der Waals surface area contributed by atoms with Crippen LogP contribution in [0.1, 0.15) is 23.6 Å². The van der Waals surface area contributed by atoms with Gasteiger partial charge in [0.05, 0.1) is 6.04 Å². The van der Waals surface area contributed by atoms with Gasteiger partial charge >= 0.3 is 0 Å². The molecule has 2 aromatic rings. The van der Waals surface area contributed by atoms with Gasteiger partial charge in [-0.15, -0.1) is 0 Å². The highest BCUT2D eigenvalue weighted by Gasteiger charge is 2.24. The van der Waals surface area contributed by atoms with Crippen LogP contribution in [-0.4, -0.2) is 13.2 Å². The molecule has 4 rings (SSSR count). The normalized spacial score (nSPS) is 19.2. The van der Waals surface area contributed by atoms with Crippen LogP contribution in [0, 0.1) is 0 Å². The second kappa shape index (κ2) is 5.26. The van der Waals surface area contributed by atoms with E-state index in [0.29, 0.717) is 19.3 Å². The predicted octanol–water partition coefficient (Wildman–Crippen LogP) is 4.32. The first kappa shape index (κ1) is 13.0. The molecule has 0 bridgehead atoms. The van der Waals surface area contributed by atoms with E-state index in [9.17, 15) is 0 Å². The van der Waals surface area contributed by atoms with Crippen LogP contribution in [0.5, 0.6) is 11.5 Å². The summed E-state index contributed by atoms with van der Waals surface area (Å²) in [5.74, 6) is 1.67. The third-order valence-corrected chi connectivity index (χ3v) is 4.84. The van der Waals surface area contributed by atoms with Crippen LogP contribution in [0.15, 0.2) is 40.9 Å². The number of ether oxygens (including phenoxy) is 2. The summed E-state index contributed by atoms with van der Waals surface area (Å²) in [6.07, 6.45) is 2.23. The predicted molar refractivity (Wildman–Crippen MR) is 86.3 cm³/mol. The highest BCUT2D eigenvalue weighted by Crippen LogP contribution is 2.39. The summed E-state index contributed by atoms with van der Waals surface area (Å²) in [6, 6.07) is 12.9. The van der Waals surface area contributed by atoms with Gasteiger partial charge in [-0.3, -0.25) is 0 Å². The van der Waals surface area contributed by atoms with E-state index in [1.165, 1.54) is 15.6 Å². The number of nitrogens with one attached hydrogen (secondary N) is 1. The van der Waals surface area contributed by atoms with Gasteiger partial charge in [0.1, 0.15) is 13.2 Å². The molecule has 0 amide bonds. The van der Waals surface area contributed by atoms with Crippen molar-refractivity contribution in [1.29, 1.82) is 0 Å². The van der Waals surface area contributed by atoms with Crippen LogP contribution in [-0.2, 0) is 6.42 Å². The molecule has 0 saturated carbocycles. The zero-order valence-electron chi connectivity index (χ0n) is 11.6. The fourth-order valence-corrected chi connectivity index (χ4v) is 3.67. The quantitative estimate of drug-likeness (QED) is 0.879. The van der Waals surface area contributed by atoms with Crippen molar-refractivity contribution in [3.8, 4) is 11.5 Å². The molecule has 1 aliphatic heterocycles. The first-order valence-electron chi connectivity index (χ1n) is 7.25. The van der Waals surface area contributed by atoms with E-state index in [1.54, 1.807) is 0 Å². The molecule has 2 aromatic carbocycles. The maximum absolute atomic E-state index is 5.64. The van der Waals surface area contributed by atoms with Gasteiger partial charge in [0.2, 0.25) is 0 Å². The van der Waals surface area contributed by atoms with E-state index in [2.05, 4.69) is 45.5 Å². The zero-order valence-corrected chi connectivity index (χ0v) is 13.2. The summed E-state index contributed by atoms with van der Waals surface area (Å²) in [7, 11) is 0. The lowest BCUT2D eigenvalue weighted by Gasteiger charge is -2.21. The van der Waals surface area contributed by atoms with E-state index in [4.69, 9.17) is 9.47 Å². The van der Waals surface area contributed by atoms with Crippen LogP contribution in [0.4, 0.5) is 5.69 Å². The number of benzene rings is 2.